The first-order chi connectivity index (χ1) is 10.7. The molecule has 1 aliphatic rings. The highest BCUT2D eigenvalue weighted by molar-refractivity contribution is 14.0. The Bertz CT molecular complexity index is 686. The van der Waals surface area contributed by atoms with Gasteiger partial charge in [0.05, 0.1) is 6.54 Å². The number of H-pyrrole nitrogens is 1. The second-order valence-electron chi connectivity index (χ2n) is 6.27. The molecule has 0 bridgehead atoms. The SMILES string of the molecule is CCNC(=NCc1ccc2[nH]c(C)c(C)c2c1)NCC1CC1.I. The fraction of sp³-hybridized carbons (Fsp3) is 0.500. The predicted molar refractivity (Wildman–Crippen MR) is 109 cm³/mol. The van der Waals surface area contributed by atoms with E-state index < -0.39 is 0 Å². The maximum absolute atomic E-state index is 4.71. The molecule has 1 aromatic heterocycles. The van der Waals surface area contributed by atoms with E-state index in [1.165, 1.54) is 40.6 Å². The predicted octanol–water partition coefficient (Wildman–Crippen LogP) is 3.87. The molecule has 1 heterocycles. The van der Waals surface area contributed by atoms with Crippen LogP contribution in [0.2, 0.25) is 0 Å². The number of hydrogen-bond acceptors (Lipinski definition) is 1. The topological polar surface area (TPSA) is 52.2 Å². The van der Waals surface area contributed by atoms with Gasteiger partial charge in [-0.25, -0.2) is 4.99 Å². The second kappa shape index (κ2) is 8.04. The zero-order valence-corrected chi connectivity index (χ0v) is 16.5. The first-order valence-corrected chi connectivity index (χ1v) is 8.27. The maximum Gasteiger partial charge on any atom is 0.191 e. The van der Waals surface area contributed by atoms with Gasteiger partial charge in [0.1, 0.15) is 0 Å². The zero-order valence-electron chi connectivity index (χ0n) is 14.2. The lowest BCUT2D eigenvalue weighted by Crippen LogP contribution is -2.38. The van der Waals surface area contributed by atoms with E-state index in [0.29, 0.717) is 6.54 Å². The van der Waals surface area contributed by atoms with Crippen LogP contribution in [-0.4, -0.2) is 24.0 Å². The molecule has 126 valence electrons. The summed E-state index contributed by atoms with van der Waals surface area (Å²) >= 11 is 0. The van der Waals surface area contributed by atoms with E-state index in [0.717, 1.165) is 25.0 Å². The number of aromatic nitrogens is 1. The van der Waals surface area contributed by atoms with E-state index in [2.05, 4.69) is 54.6 Å². The summed E-state index contributed by atoms with van der Waals surface area (Å²) in [7, 11) is 0. The molecule has 1 saturated carbocycles. The summed E-state index contributed by atoms with van der Waals surface area (Å²) in [6, 6.07) is 6.57. The normalized spacial score (nSPS) is 14.7. The summed E-state index contributed by atoms with van der Waals surface area (Å²) in [6.45, 7) is 9.04. The van der Waals surface area contributed by atoms with Crippen LogP contribution in [0.1, 0.15) is 36.6 Å². The number of halogens is 1. The van der Waals surface area contributed by atoms with Crippen LogP contribution in [0, 0.1) is 19.8 Å². The number of rotatable bonds is 5. The molecule has 0 aliphatic heterocycles. The molecule has 0 spiro atoms. The summed E-state index contributed by atoms with van der Waals surface area (Å²) in [5.74, 6) is 1.78. The molecular formula is C18H27IN4. The molecule has 4 nitrogen and oxygen atoms in total. The highest BCUT2D eigenvalue weighted by atomic mass is 127. The third-order valence-corrected chi connectivity index (χ3v) is 4.39. The van der Waals surface area contributed by atoms with Crippen molar-refractivity contribution in [3.8, 4) is 0 Å². The Labute approximate surface area is 155 Å². The highest BCUT2D eigenvalue weighted by Gasteiger charge is 2.21. The van der Waals surface area contributed by atoms with Gasteiger partial charge in [-0.3, -0.25) is 0 Å². The molecule has 23 heavy (non-hydrogen) atoms. The number of guanidine groups is 1. The third-order valence-electron chi connectivity index (χ3n) is 4.39. The molecule has 5 heteroatoms. The van der Waals surface area contributed by atoms with E-state index in [-0.39, 0.29) is 24.0 Å². The van der Waals surface area contributed by atoms with Crippen molar-refractivity contribution in [1.29, 1.82) is 0 Å². The first kappa shape index (κ1) is 18.1. The number of fused-ring (bicyclic) bond motifs is 1. The van der Waals surface area contributed by atoms with Gasteiger partial charge in [0.15, 0.2) is 5.96 Å². The van der Waals surface area contributed by atoms with Crippen molar-refractivity contribution >= 4 is 40.8 Å². The van der Waals surface area contributed by atoms with Crippen molar-refractivity contribution in [3.63, 3.8) is 0 Å². The summed E-state index contributed by atoms with van der Waals surface area (Å²) in [6.07, 6.45) is 2.71. The van der Waals surface area contributed by atoms with Gasteiger partial charge in [0.2, 0.25) is 0 Å². The Morgan fingerprint density at radius 3 is 2.74 bits per heavy atom. The van der Waals surface area contributed by atoms with Crippen LogP contribution in [0.25, 0.3) is 10.9 Å². The van der Waals surface area contributed by atoms with Crippen LogP contribution in [0.3, 0.4) is 0 Å². The average Bonchev–Trinajstić information content (AvgIpc) is 3.30. The molecule has 0 unspecified atom stereocenters. The minimum absolute atomic E-state index is 0. The van der Waals surface area contributed by atoms with Gasteiger partial charge in [0.25, 0.3) is 0 Å². The van der Waals surface area contributed by atoms with Gasteiger partial charge in [-0.2, -0.15) is 0 Å². The molecule has 0 atom stereocenters. The lowest BCUT2D eigenvalue weighted by Gasteiger charge is -2.10. The monoisotopic (exact) mass is 426 g/mol. The maximum atomic E-state index is 4.71. The standard InChI is InChI=1S/C18H26N4.HI/c1-4-19-18(20-10-14-5-6-14)21-11-15-7-8-17-16(9-15)12(2)13(3)22-17;/h7-9,14,22H,4-6,10-11H2,1-3H3,(H2,19,20,21);1H. The van der Waals surface area contributed by atoms with E-state index in [9.17, 15) is 0 Å². The molecule has 2 aromatic rings. The molecule has 0 amide bonds. The number of aliphatic imine (C=N–C) groups is 1. The van der Waals surface area contributed by atoms with E-state index >= 15 is 0 Å². The van der Waals surface area contributed by atoms with E-state index in [1.807, 2.05) is 0 Å². The Kier molecular flexibility index (Phi) is 6.33. The lowest BCUT2D eigenvalue weighted by atomic mass is 10.1. The smallest absolute Gasteiger partial charge is 0.191 e. The summed E-state index contributed by atoms with van der Waals surface area (Å²) in [5.41, 5.74) is 5.04. The number of hydrogen-bond donors (Lipinski definition) is 3. The molecule has 1 fully saturated rings. The number of nitrogens with one attached hydrogen (secondary N) is 3. The van der Waals surface area contributed by atoms with Crippen molar-refractivity contribution in [2.75, 3.05) is 13.1 Å². The van der Waals surface area contributed by atoms with Crippen LogP contribution >= 0.6 is 24.0 Å². The lowest BCUT2D eigenvalue weighted by molar-refractivity contribution is 0.739. The van der Waals surface area contributed by atoms with E-state index in [1.54, 1.807) is 0 Å². The fourth-order valence-corrected chi connectivity index (χ4v) is 2.68. The largest absolute Gasteiger partial charge is 0.358 e. The van der Waals surface area contributed by atoms with Crippen LogP contribution in [0.4, 0.5) is 0 Å². The van der Waals surface area contributed by atoms with Crippen LogP contribution in [-0.2, 0) is 6.54 Å². The minimum atomic E-state index is 0. The van der Waals surface area contributed by atoms with E-state index in [4.69, 9.17) is 4.99 Å². The second-order valence-corrected chi connectivity index (χ2v) is 6.27. The molecule has 3 N–H and O–H groups in total. The Balaban J connectivity index is 0.00000192. The fourth-order valence-electron chi connectivity index (χ4n) is 2.68. The van der Waals surface area contributed by atoms with Gasteiger partial charge in [0, 0.05) is 29.7 Å². The van der Waals surface area contributed by atoms with Gasteiger partial charge in [-0.15, -0.1) is 24.0 Å². The molecular weight excluding hydrogens is 399 g/mol. The summed E-state index contributed by atoms with van der Waals surface area (Å²) in [4.78, 5) is 8.13. The molecule has 0 saturated heterocycles. The number of benzene rings is 1. The van der Waals surface area contributed by atoms with Crippen molar-refractivity contribution in [2.24, 2.45) is 10.9 Å². The average molecular weight is 426 g/mol. The van der Waals surface area contributed by atoms with Gasteiger partial charge in [-0.05, 0) is 62.8 Å². The Morgan fingerprint density at radius 1 is 1.26 bits per heavy atom. The molecule has 1 aromatic carbocycles. The molecule has 0 radical (unpaired) electrons. The summed E-state index contributed by atoms with van der Waals surface area (Å²) < 4.78 is 0. The van der Waals surface area contributed by atoms with Crippen molar-refractivity contribution in [2.45, 2.75) is 40.2 Å². The summed E-state index contributed by atoms with van der Waals surface area (Å²) in [5, 5.41) is 8.07. The van der Waals surface area contributed by atoms with Crippen LogP contribution in [0.15, 0.2) is 23.2 Å². The third kappa shape index (κ3) is 4.62. The van der Waals surface area contributed by atoms with Crippen molar-refractivity contribution < 1.29 is 0 Å². The minimum Gasteiger partial charge on any atom is -0.358 e. The van der Waals surface area contributed by atoms with Gasteiger partial charge >= 0.3 is 0 Å². The number of nitrogens with zero attached hydrogens (tertiary/aromatic N) is 1. The quantitative estimate of drug-likeness (QED) is 0.386. The van der Waals surface area contributed by atoms with Crippen LogP contribution < -0.4 is 10.6 Å². The van der Waals surface area contributed by atoms with Crippen molar-refractivity contribution in [3.05, 3.63) is 35.0 Å². The molecule has 3 rings (SSSR count). The van der Waals surface area contributed by atoms with Crippen LogP contribution in [0.5, 0.6) is 0 Å². The van der Waals surface area contributed by atoms with Gasteiger partial charge in [-0.1, -0.05) is 6.07 Å². The Hall–Kier alpha value is -1.24. The zero-order chi connectivity index (χ0) is 15.5. The highest BCUT2D eigenvalue weighted by Crippen LogP contribution is 2.27. The number of aryl methyl sites for hydroxylation is 2. The first-order valence-electron chi connectivity index (χ1n) is 8.27. The number of aromatic amines is 1. The van der Waals surface area contributed by atoms with Gasteiger partial charge < -0.3 is 15.6 Å². The molecule has 1 aliphatic carbocycles. The Morgan fingerprint density at radius 2 is 2.04 bits per heavy atom. The van der Waals surface area contributed by atoms with Crippen molar-refractivity contribution in [1.82, 2.24) is 15.6 Å².